The maximum atomic E-state index is 5.69. The van der Waals surface area contributed by atoms with Crippen molar-refractivity contribution < 1.29 is 14.0 Å². The van der Waals surface area contributed by atoms with Crippen LogP contribution >= 0.6 is 9.47 Å². The van der Waals surface area contributed by atoms with Crippen molar-refractivity contribution in [1.82, 2.24) is 0 Å². The van der Waals surface area contributed by atoms with Gasteiger partial charge in [-0.3, -0.25) is 0 Å². The predicted molar refractivity (Wildman–Crippen MR) is 54.6 cm³/mol. The highest BCUT2D eigenvalue weighted by Crippen LogP contribution is 2.15. The number of rotatable bonds is 2. The minimum absolute atomic E-state index is 0.0572. The highest BCUT2D eigenvalue weighted by atomic mass is 31.0. The van der Waals surface area contributed by atoms with Crippen molar-refractivity contribution in [3.8, 4) is 0 Å². The molecule has 1 fully saturated rings. The second-order valence-corrected chi connectivity index (χ2v) is 3.77. The Labute approximate surface area is 82.4 Å². The monoisotopic (exact) mass is 206 g/mol. The third-order valence-corrected chi connectivity index (χ3v) is 2.71. The summed E-state index contributed by atoms with van der Waals surface area (Å²) in [6.07, 6.45) is 2.67. The fraction of sp³-hybridized carbons (Fsp3) is 1.00. The molecule has 0 saturated carbocycles. The van der Waals surface area contributed by atoms with Gasteiger partial charge in [-0.15, -0.1) is 0 Å². The highest BCUT2D eigenvalue weighted by molar-refractivity contribution is 7.09. The van der Waals surface area contributed by atoms with Crippen LogP contribution in [0.15, 0.2) is 0 Å². The molecule has 0 aromatic rings. The summed E-state index contributed by atoms with van der Waals surface area (Å²) >= 11 is 0. The second-order valence-electron chi connectivity index (χ2n) is 3.50. The van der Waals surface area contributed by atoms with Crippen LogP contribution < -0.4 is 0 Å². The average molecular weight is 206 g/mol. The zero-order chi connectivity index (χ0) is 9.68. The standard InChI is InChI=1S/C9H19O3P/c1-3-8-4-7(2)10-5-9(12-13)6-11-8/h7-9H,3-6,13H2,1-2H3. The molecule has 0 aliphatic carbocycles. The number of hydrogen-bond donors (Lipinski definition) is 0. The molecule has 1 aliphatic heterocycles. The van der Waals surface area contributed by atoms with Gasteiger partial charge in [0.05, 0.1) is 25.4 Å². The molecule has 1 rings (SSSR count). The van der Waals surface area contributed by atoms with E-state index in [0.29, 0.717) is 19.3 Å². The topological polar surface area (TPSA) is 27.7 Å². The molecule has 4 atom stereocenters. The van der Waals surface area contributed by atoms with Gasteiger partial charge in [-0.05, 0) is 19.8 Å². The van der Waals surface area contributed by atoms with Gasteiger partial charge in [-0.2, -0.15) is 0 Å². The van der Waals surface area contributed by atoms with Crippen molar-refractivity contribution in [1.29, 1.82) is 0 Å². The van der Waals surface area contributed by atoms with Crippen LogP contribution in [0.25, 0.3) is 0 Å². The van der Waals surface area contributed by atoms with Crippen LogP contribution in [-0.2, 0) is 14.0 Å². The van der Waals surface area contributed by atoms with E-state index in [1.54, 1.807) is 0 Å². The van der Waals surface area contributed by atoms with Crippen LogP contribution in [0.2, 0.25) is 0 Å². The molecular formula is C9H19O3P. The van der Waals surface area contributed by atoms with Crippen molar-refractivity contribution in [3.05, 3.63) is 0 Å². The first-order valence-corrected chi connectivity index (χ1v) is 5.32. The first-order valence-electron chi connectivity index (χ1n) is 4.85. The summed E-state index contributed by atoms with van der Waals surface area (Å²) in [5, 5.41) is 0. The molecule has 1 heterocycles. The molecule has 0 radical (unpaired) electrons. The zero-order valence-electron chi connectivity index (χ0n) is 8.36. The first kappa shape index (κ1) is 11.4. The van der Waals surface area contributed by atoms with Crippen LogP contribution in [0.4, 0.5) is 0 Å². The lowest BCUT2D eigenvalue weighted by atomic mass is 10.1. The normalized spacial score (nSPS) is 36.7. The van der Waals surface area contributed by atoms with Crippen LogP contribution in [0.1, 0.15) is 26.7 Å². The average Bonchev–Trinajstić information content (AvgIpc) is 2.12. The summed E-state index contributed by atoms with van der Waals surface area (Å²) in [6, 6.07) is 0. The Bertz CT molecular complexity index is 143. The maximum absolute atomic E-state index is 5.69. The second kappa shape index (κ2) is 5.92. The minimum atomic E-state index is 0.0572. The fourth-order valence-electron chi connectivity index (χ4n) is 1.43. The number of hydrogen-bond acceptors (Lipinski definition) is 3. The van der Waals surface area contributed by atoms with Gasteiger partial charge in [-0.1, -0.05) is 6.92 Å². The Kier molecular flexibility index (Phi) is 5.18. The van der Waals surface area contributed by atoms with Crippen molar-refractivity contribution in [3.63, 3.8) is 0 Å². The Morgan fingerprint density at radius 2 is 2.08 bits per heavy atom. The van der Waals surface area contributed by atoms with Crippen LogP contribution in [0.3, 0.4) is 0 Å². The molecule has 0 amide bonds. The fourth-order valence-corrected chi connectivity index (χ4v) is 1.59. The van der Waals surface area contributed by atoms with Gasteiger partial charge in [0.2, 0.25) is 0 Å². The molecule has 3 nitrogen and oxygen atoms in total. The van der Waals surface area contributed by atoms with Gasteiger partial charge in [0.25, 0.3) is 0 Å². The van der Waals surface area contributed by atoms with Gasteiger partial charge in [0.15, 0.2) is 0 Å². The van der Waals surface area contributed by atoms with E-state index >= 15 is 0 Å². The Morgan fingerprint density at radius 1 is 1.38 bits per heavy atom. The van der Waals surface area contributed by atoms with Gasteiger partial charge in [-0.25, -0.2) is 0 Å². The third-order valence-electron chi connectivity index (χ3n) is 2.33. The first-order chi connectivity index (χ1) is 6.26. The molecule has 0 aromatic heterocycles. The van der Waals surface area contributed by atoms with Crippen LogP contribution in [0, 0.1) is 0 Å². The summed E-state index contributed by atoms with van der Waals surface area (Å²) in [6.45, 7) is 5.47. The van der Waals surface area contributed by atoms with E-state index in [1.807, 2.05) is 0 Å². The lowest BCUT2D eigenvalue weighted by molar-refractivity contribution is -0.0916. The van der Waals surface area contributed by atoms with E-state index in [-0.39, 0.29) is 12.2 Å². The van der Waals surface area contributed by atoms with E-state index in [9.17, 15) is 0 Å². The molecule has 13 heavy (non-hydrogen) atoms. The lowest BCUT2D eigenvalue weighted by Crippen LogP contribution is -2.33. The van der Waals surface area contributed by atoms with Crippen LogP contribution in [0.5, 0.6) is 0 Å². The quantitative estimate of drug-likeness (QED) is 0.644. The SMILES string of the molecule is CCC1CC(C)OCC(OP)CO1. The summed E-state index contributed by atoms with van der Waals surface area (Å²) in [4.78, 5) is 0. The molecule has 1 aliphatic rings. The maximum Gasteiger partial charge on any atom is 0.108 e. The van der Waals surface area contributed by atoms with E-state index < -0.39 is 0 Å². The summed E-state index contributed by atoms with van der Waals surface area (Å²) in [5.74, 6) is 0. The third kappa shape index (κ3) is 3.90. The summed E-state index contributed by atoms with van der Waals surface area (Å²) < 4.78 is 16.4. The molecule has 78 valence electrons. The largest absolute Gasteiger partial charge is 0.376 e. The zero-order valence-corrected chi connectivity index (χ0v) is 9.52. The summed E-state index contributed by atoms with van der Waals surface area (Å²) in [5.41, 5.74) is 0. The highest BCUT2D eigenvalue weighted by Gasteiger charge is 2.20. The van der Waals surface area contributed by atoms with Gasteiger partial charge >= 0.3 is 0 Å². The van der Waals surface area contributed by atoms with E-state index in [1.165, 1.54) is 0 Å². The Morgan fingerprint density at radius 3 is 2.69 bits per heavy atom. The predicted octanol–water partition coefficient (Wildman–Crippen LogP) is 1.77. The molecule has 4 unspecified atom stereocenters. The smallest absolute Gasteiger partial charge is 0.108 e. The van der Waals surface area contributed by atoms with Crippen molar-refractivity contribution in [2.24, 2.45) is 0 Å². The van der Waals surface area contributed by atoms with Crippen molar-refractivity contribution >= 4 is 9.47 Å². The van der Waals surface area contributed by atoms with Gasteiger partial charge in [0, 0.05) is 9.47 Å². The van der Waals surface area contributed by atoms with Crippen molar-refractivity contribution in [2.45, 2.75) is 45.0 Å². The van der Waals surface area contributed by atoms with Gasteiger partial charge in [0.1, 0.15) is 6.10 Å². The Hall–Kier alpha value is 0.310. The van der Waals surface area contributed by atoms with Crippen molar-refractivity contribution in [2.75, 3.05) is 13.2 Å². The summed E-state index contributed by atoms with van der Waals surface area (Å²) in [7, 11) is 2.27. The van der Waals surface area contributed by atoms with Gasteiger partial charge < -0.3 is 14.0 Å². The van der Waals surface area contributed by atoms with E-state index in [4.69, 9.17) is 14.0 Å². The molecule has 0 bridgehead atoms. The molecular weight excluding hydrogens is 187 g/mol. The number of ether oxygens (including phenoxy) is 2. The molecule has 0 N–H and O–H groups in total. The van der Waals surface area contributed by atoms with E-state index in [0.717, 1.165) is 12.8 Å². The molecule has 1 saturated heterocycles. The molecule has 0 spiro atoms. The van der Waals surface area contributed by atoms with E-state index in [2.05, 4.69) is 23.3 Å². The van der Waals surface area contributed by atoms with Crippen LogP contribution in [-0.4, -0.2) is 31.5 Å². The lowest BCUT2D eigenvalue weighted by Gasteiger charge is -2.27. The minimum Gasteiger partial charge on any atom is -0.376 e. The molecule has 4 heteroatoms. The molecule has 0 aromatic carbocycles. The Balaban J connectivity index is 2.40.